The van der Waals surface area contributed by atoms with Crippen LogP contribution < -0.4 is 5.32 Å². The Kier molecular flexibility index (Phi) is 5.02. The summed E-state index contributed by atoms with van der Waals surface area (Å²) >= 11 is 1.90. The molecule has 0 fully saturated rings. The summed E-state index contributed by atoms with van der Waals surface area (Å²) in [6, 6.07) is 9.25. The van der Waals surface area contributed by atoms with E-state index in [2.05, 4.69) is 47.7 Å². The molecule has 0 saturated carbocycles. The molecule has 3 heteroatoms. The molecule has 0 amide bonds. The van der Waals surface area contributed by atoms with Crippen molar-refractivity contribution < 1.29 is 0 Å². The summed E-state index contributed by atoms with van der Waals surface area (Å²) in [6.07, 6.45) is 7.10. The zero-order valence-electron chi connectivity index (χ0n) is 11.0. The van der Waals surface area contributed by atoms with Gasteiger partial charge in [0.15, 0.2) is 0 Å². The fourth-order valence-corrected chi connectivity index (χ4v) is 2.78. The second-order valence-corrected chi connectivity index (χ2v) is 5.41. The Morgan fingerprint density at radius 3 is 2.94 bits per heavy atom. The highest BCUT2D eigenvalue weighted by Gasteiger charge is 2.04. The van der Waals surface area contributed by atoms with Crippen LogP contribution in [0.25, 0.3) is 10.8 Å². The van der Waals surface area contributed by atoms with E-state index in [0.717, 1.165) is 6.54 Å². The molecule has 96 valence electrons. The van der Waals surface area contributed by atoms with Crippen LogP contribution in [0.4, 0.5) is 0 Å². The number of hydrogen-bond donors (Lipinski definition) is 1. The zero-order valence-corrected chi connectivity index (χ0v) is 11.8. The lowest BCUT2D eigenvalue weighted by Crippen LogP contribution is -2.30. The van der Waals surface area contributed by atoms with E-state index in [0.29, 0.717) is 6.04 Å². The lowest BCUT2D eigenvalue weighted by atomic mass is 10.1. The van der Waals surface area contributed by atoms with Crippen molar-refractivity contribution in [3.8, 4) is 0 Å². The first kappa shape index (κ1) is 13.4. The van der Waals surface area contributed by atoms with Gasteiger partial charge in [-0.1, -0.05) is 19.1 Å². The van der Waals surface area contributed by atoms with Gasteiger partial charge in [-0.05, 0) is 35.8 Å². The molecule has 0 aliphatic heterocycles. The lowest BCUT2D eigenvalue weighted by Gasteiger charge is -2.15. The molecular formula is C15H20N2S. The number of nitrogens with zero attached hydrogens (tertiary/aromatic N) is 1. The van der Waals surface area contributed by atoms with Crippen molar-refractivity contribution >= 4 is 22.5 Å². The lowest BCUT2D eigenvalue weighted by molar-refractivity contribution is 0.541. The summed E-state index contributed by atoms with van der Waals surface area (Å²) in [5, 5.41) is 6.09. The van der Waals surface area contributed by atoms with E-state index >= 15 is 0 Å². The predicted octanol–water partition coefficient (Wildman–Crippen LogP) is 3.47. The van der Waals surface area contributed by atoms with Crippen molar-refractivity contribution in [1.29, 1.82) is 0 Å². The summed E-state index contributed by atoms with van der Waals surface area (Å²) < 4.78 is 0. The van der Waals surface area contributed by atoms with Crippen LogP contribution in [0.3, 0.4) is 0 Å². The minimum Gasteiger partial charge on any atom is -0.309 e. The van der Waals surface area contributed by atoms with E-state index in [1.165, 1.54) is 28.5 Å². The van der Waals surface area contributed by atoms with E-state index in [-0.39, 0.29) is 0 Å². The molecule has 0 aliphatic carbocycles. The number of aromatic nitrogens is 1. The van der Waals surface area contributed by atoms with Gasteiger partial charge in [0.2, 0.25) is 0 Å². The molecule has 1 N–H and O–H groups in total. The number of fused-ring (bicyclic) bond motifs is 1. The van der Waals surface area contributed by atoms with Gasteiger partial charge in [-0.25, -0.2) is 0 Å². The molecular weight excluding hydrogens is 240 g/mol. The molecule has 0 bridgehead atoms. The molecule has 0 aliphatic rings. The van der Waals surface area contributed by atoms with Crippen LogP contribution in [-0.2, 0) is 6.54 Å². The monoisotopic (exact) mass is 260 g/mol. The maximum atomic E-state index is 4.14. The van der Waals surface area contributed by atoms with E-state index in [9.17, 15) is 0 Å². The number of hydrogen-bond acceptors (Lipinski definition) is 3. The summed E-state index contributed by atoms with van der Waals surface area (Å²) in [5.41, 5.74) is 1.34. The average Bonchev–Trinajstić information content (AvgIpc) is 2.43. The molecule has 18 heavy (non-hydrogen) atoms. The van der Waals surface area contributed by atoms with Crippen LogP contribution in [0, 0.1) is 0 Å². The van der Waals surface area contributed by atoms with Gasteiger partial charge in [-0.3, -0.25) is 4.98 Å². The Balaban J connectivity index is 2.03. The average molecular weight is 260 g/mol. The molecule has 1 atom stereocenters. The minimum atomic E-state index is 0.605. The summed E-state index contributed by atoms with van der Waals surface area (Å²) in [7, 11) is 0. The SMILES string of the molecule is CCC(CSC)NCc1ccc2cnccc2c1. The van der Waals surface area contributed by atoms with Gasteiger partial charge in [-0.2, -0.15) is 11.8 Å². The second-order valence-electron chi connectivity index (χ2n) is 4.50. The molecule has 1 unspecified atom stereocenters. The largest absolute Gasteiger partial charge is 0.309 e. The smallest absolute Gasteiger partial charge is 0.0346 e. The maximum Gasteiger partial charge on any atom is 0.0346 e. The number of nitrogens with one attached hydrogen (secondary N) is 1. The molecule has 2 nitrogen and oxygen atoms in total. The number of benzene rings is 1. The van der Waals surface area contributed by atoms with E-state index in [1.807, 2.05) is 24.2 Å². The normalized spacial score (nSPS) is 12.8. The topological polar surface area (TPSA) is 24.9 Å². The third-order valence-corrected chi connectivity index (χ3v) is 3.90. The van der Waals surface area contributed by atoms with E-state index in [1.54, 1.807) is 0 Å². The fraction of sp³-hybridized carbons (Fsp3) is 0.400. The molecule has 2 rings (SSSR count). The van der Waals surface area contributed by atoms with Gasteiger partial charge in [-0.15, -0.1) is 0 Å². The molecule has 2 aromatic rings. The van der Waals surface area contributed by atoms with Gasteiger partial charge >= 0.3 is 0 Å². The second kappa shape index (κ2) is 6.76. The number of thioether (sulfide) groups is 1. The summed E-state index contributed by atoms with van der Waals surface area (Å²) in [6.45, 7) is 3.18. The first-order valence-electron chi connectivity index (χ1n) is 6.38. The fourth-order valence-electron chi connectivity index (χ4n) is 2.03. The number of pyridine rings is 1. The van der Waals surface area contributed by atoms with E-state index < -0.39 is 0 Å². The maximum absolute atomic E-state index is 4.14. The predicted molar refractivity (Wildman–Crippen MR) is 81.0 cm³/mol. The van der Waals surface area contributed by atoms with Crippen LogP contribution in [0.1, 0.15) is 18.9 Å². The first-order chi connectivity index (χ1) is 8.83. The highest BCUT2D eigenvalue weighted by Crippen LogP contribution is 2.14. The molecule has 0 saturated heterocycles. The first-order valence-corrected chi connectivity index (χ1v) is 7.78. The third-order valence-electron chi connectivity index (χ3n) is 3.16. The van der Waals surface area contributed by atoms with Crippen molar-refractivity contribution in [3.63, 3.8) is 0 Å². The van der Waals surface area contributed by atoms with Gasteiger partial charge in [0, 0.05) is 36.1 Å². The zero-order chi connectivity index (χ0) is 12.8. The van der Waals surface area contributed by atoms with Crippen LogP contribution in [0.5, 0.6) is 0 Å². The quantitative estimate of drug-likeness (QED) is 0.861. The van der Waals surface area contributed by atoms with Crippen LogP contribution >= 0.6 is 11.8 Å². The van der Waals surface area contributed by atoms with Crippen molar-refractivity contribution in [2.45, 2.75) is 25.9 Å². The number of rotatable bonds is 6. The highest BCUT2D eigenvalue weighted by molar-refractivity contribution is 7.98. The Bertz CT molecular complexity index is 499. The third kappa shape index (κ3) is 3.47. The van der Waals surface area contributed by atoms with Gasteiger partial charge in [0.1, 0.15) is 0 Å². The standard InChI is InChI=1S/C15H20N2S/c1-3-15(11-18-2)17-9-12-4-5-14-10-16-7-6-13(14)8-12/h4-8,10,15,17H,3,9,11H2,1-2H3. The Labute approximate surface area is 113 Å². The Morgan fingerprint density at radius 2 is 2.17 bits per heavy atom. The van der Waals surface area contributed by atoms with Crippen molar-refractivity contribution in [2.24, 2.45) is 0 Å². The van der Waals surface area contributed by atoms with Crippen LogP contribution in [0.2, 0.25) is 0 Å². The van der Waals surface area contributed by atoms with Gasteiger partial charge < -0.3 is 5.32 Å². The molecule has 0 spiro atoms. The van der Waals surface area contributed by atoms with Crippen LogP contribution in [-0.4, -0.2) is 23.0 Å². The Morgan fingerprint density at radius 1 is 1.28 bits per heavy atom. The minimum absolute atomic E-state index is 0.605. The molecule has 0 radical (unpaired) electrons. The van der Waals surface area contributed by atoms with Crippen LogP contribution in [0.15, 0.2) is 36.7 Å². The molecule has 1 aromatic carbocycles. The summed E-state index contributed by atoms with van der Waals surface area (Å²) in [4.78, 5) is 4.14. The van der Waals surface area contributed by atoms with Crippen molar-refractivity contribution in [1.82, 2.24) is 10.3 Å². The highest BCUT2D eigenvalue weighted by atomic mass is 32.2. The van der Waals surface area contributed by atoms with Gasteiger partial charge in [0.25, 0.3) is 0 Å². The van der Waals surface area contributed by atoms with Gasteiger partial charge in [0.05, 0.1) is 0 Å². The summed E-state index contributed by atoms with van der Waals surface area (Å²) in [5.74, 6) is 1.17. The molecule has 1 heterocycles. The van der Waals surface area contributed by atoms with E-state index in [4.69, 9.17) is 0 Å². The molecule has 1 aromatic heterocycles. The van der Waals surface area contributed by atoms with Crippen molar-refractivity contribution in [2.75, 3.05) is 12.0 Å². The Hall–Kier alpha value is -1.06. The van der Waals surface area contributed by atoms with Crippen molar-refractivity contribution in [3.05, 3.63) is 42.2 Å².